The highest BCUT2D eigenvalue weighted by atomic mass is 19.1. The molecule has 0 spiro atoms. The van der Waals surface area contributed by atoms with Crippen LogP contribution >= 0.6 is 0 Å². The van der Waals surface area contributed by atoms with Crippen molar-refractivity contribution in [3.8, 4) is 0 Å². The first kappa shape index (κ1) is 10.5. The van der Waals surface area contributed by atoms with Crippen LogP contribution in [0.2, 0.25) is 0 Å². The molecule has 3 heteroatoms. The third kappa shape index (κ3) is 2.98. The topological polar surface area (TPSA) is 29.1 Å². The number of halogens is 1. The van der Waals surface area contributed by atoms with E-state index in [-0.39, 0.29) is 11.9 Å². The second-order valence-electron chi connectivity index (χ2n) is 4.07. The van der Waals surface area contributed by atoms with Crippen LogP contribution in [0.15, 0.2) is 0 Å². The summed E-state index contributed by atoms with van der Waals surface area (Å²) in [5.74, 6) is -0.502. The summed E-state index contributed by atoms with van der Waals surface area (Å²) >= 11 is 0. The number of amides is 1. The first-order valence-corrected chi connectivity index (χ1v) is 5.05. The second-order valence-corrected chi connectivity index (χ2v) is 4.07. The maximum Gasteiger partial charge on any atom is 0.226 e. The largest absolute Gasteiger partial charge is 0.354 e. The van der Waals surface area contributed by atoms with Gasteiger partial charge in [-0.3, -0.25) is 4.79 Å². The molecule has 76 valence electrons. The van der Waals surface area contributed by atoms with Gasteiger partial charge in [0.15, 0.2) is 0 Å². The Labute approximate surface area is 78.9 Å². The molecule has 0 aromatic rings. The van der Waals surface area contributed by atoms with Crippen molar-refractivity contribution in [3.63, 3.8) is 0 Å². The Balaban J connectivity index is 2.44. The molecule has 2 nitrogen and oxygen atoms in total. The minimum absolute atomic E-state index is 0.109. The van der Waals surface area contributed by atoms with Crippen LogP contribution in [0.1, 0.15) is 39.5 Å². The summed E-state index contributed by atoms with van der Waals surface area (Å²) in [6.45, 7) is 3.79. The maximum absolute atomic E-state index is 13.3. The van der Waals surface area contributed by atoms with E-state index in [4.69, 9.17) is 0 Å². The molecule has 1 saturated carbocycles. The molecule has 1 aliphatic carbocycles. The zero-order chi connectivity index (χ0) is 9.84. The van der Waals surface area contributed by atoms with Crippen molar-refractivity contribution >= 4 is 5.91 Å². The molecule has 0 aliphatic heterocycles. The van der Waals surface area contributed by atoms with Crippen LogP contribution in [-0.4, -0.2) is 18.1 Å². The number of alkyl halides is 1. The Morgan fingerprint density at radius 3 is 2.54 bits per heavy atom. The lowest BCUT2D eigenvalue weighted by molar-refractivity contribution is -0.128. The van der Waals surface area contributed by atoms with Crippen LogP contribution in [0.5, 0.6) is 0 Å². The number of carbonyl (C=O) groups excluding carboxylic acids is 1. The van der Waals surface area contributed by atoms with Gasteiger partial charge >= 0.3 is 0 Å². The van der Waals surface area contributed by atoms with Gasteiger partial charge < -0.3 is 5.32 Å². The minimum Gasteiger partial charge on any atom is -0.354 e. The van der Waals surface area contributed by atoms with Gasteiger partial charge in [-0.15, -0.1) is 0 Å². The Bertz CT molecular complexity index is 182. The second kappa shape index (κ2) is 4.58. The number of carbonyl (C=O) groups is 1. The van der Waals surface area contributed by atoms with E-state index in [1.165, 1.54) is 0 Å². The number of nitrogens with one attached hydrogen (secondary N) is 1. The molecule has 1 fully saturated rings. The summed E-state index contributed by atoms with van der Waals surface area (Å²) in [7, 11) is 0. The molecule has 0 saturated heterocycles. The van der Waals surface area contributed by atoms with E-state index in [9.17, 15) is 9.18 Å². The fraction of sp³-hybridized carbons (Fsp3) is 0.900. The van der Waals surface area contributed by atoms with E-state index in [0.717, 1.165) is 12.8 Å². The predicted octanol–water partition coefficient (Wildman–Crippen LogP) is 2.04. The van der Waals surface area contributed by atoms with E-state index in [0.29, 0.717) is 12.8 Å². The monoisotopic (exact) mass is 187 g/mol. The molecule has 1 N–H and O–H groups in total. The van der Waals surface area contributed by atoms with Crippen LogP contribution in [0.3, 0.4) is 0 Å². The zero-order valence-corrected chi connectivity index (χ0v) is 8.35. The third-order valence-corrected chi connectivity index (χ3v) is 2.45. The molecule has 0 radical (unpaired) electrons. The molecule has 2 atom stereocenters. The van der Waals surface area contributed by atoms with Gasteiger partial charge in [-0.2, -0.15) is 0 Å². The molecule has 0 heterocycles. The van der Waals surface area contributed by atoms with Gasteiger partial charge in [0.05, 0.1) is 5.92 Å². The molecule has 1 amide bonds. The Kier molecular flexibility index (Phi) is 3.70. The molecular weight excluding hydrogens is 169 g/mol. The molecule has 2 unspecified atom stereocenters. The first-order valence-electron chi connectivity index (χ1n) is 5.05. The zero-order valence-electron chi connectivity index (χ0n) is 8.35. The van der Waals surface area contributed by atoms with Gasteiger partial charge in [0.2, 0.25) is 5.91 Å². The minimum atomic E-state index is -0.924. The number of hydrogen-bond donors (Lipinski definition) is 1. The van der Waals surface area contributed by atoms with E-state index in [1.54, 1.807) is 0 Å². The maximum atomic E-state index is 13.3. The van der Waals surface area contributed by atoms with Crippen molar-refractivity contribution < 1.29 is 9.18 Å². The van der Waals surface area contributed by atoms with Crippen molar-refractivity contribution in [2.75, 3.05) is 0 Å². The lowest BCUT2D eigenvalue weighted by atomic mass is 9.87. The lowest BCUT2D eigenvalue weighted by Crippen LogP contribution is -2.40. The smallest absolute Gasteiger partial charge is 0.226 e. The van der Waals surface area contributed by atoms with Gasteiger partial charge in [-0.25, -0.2) is 4.39 Å². The molecule has 13 heavy (non-hydrogen) atoms. The summed E-state index contributed by atoms with van der Waals surface area (Å²) in [6, 6.07) is 0.113. The summed E-state index contributed by atoms with van der Waals surface area (Å²) in [6.07, 6.45) is 2.24. The van der Waals surface area contributed by atoms with E-state index in [1.807, 2.05) is 13.8 Å². The normalized spacial score (nSPS) is 28.9. The van der Waals surface area contributed by atoms with Crippen LogP contribution in [0.25, 0.3) is 0 Å². The Morgan fingerprint density at radius 1 is 1.38 bits per heavy atom. The fourth-order valence-electron chi connectivity index (χ4n) is 1.77. The summed E-state index contributed by atoms with van der Waals surface area (Å²) in [5.41, 5.74) is 0. The standard InChI is InChI=1S/C10H18FNO/c1-7(2)12-10(13)8-5-3-4-6-9(8)11/h7-9H,3-6H2,1-2H3,(H,12,13). The van der Waals surface area contributed by atoms with Crippen LogP contribution in [0, 0.1) is 5.92 Å². The number of rotatable bonds is 2. The predicted molar refractivity (Wildman–Crippen MR) is 50.1 cm³/mol. The quantitative estimate of drug-likeness (QED) is 0.704. The van der Waals surface area contributed by atoms with Crippen molar-refractivity contribution in [3.05, 3.63) is 0 Å². The van der Waals surface area contributed by atoms with Gasteiger partial charge in [0.25, 0.3) is 0 Å². The highest BCUT2D eigenvalue weighted by Crippen LogP contribution is 2.26. The van der Waals surface area contributed by atoms with E-state index in [2.05, 4.69) is 5.32 Å². The SMILES string of the molecule is CC(C)NC(=O)C1CCCCC1F. The first-order chi connectivity index (χ1) is 6.11. The lowest BCUT2D eigenvalue weighted by Gasteiger charge is -2.25. The van der Waals surface area contributed by atoms with Gasteiger partial charge in [-0.05, 0) is 26.7 Å². The fourth-order valence-corrected chi connectivity index (χ4v) is 1.77. The Hall–Kier alpha value is -0.600. The van der Waals surface area contributed by atoms with E-state index >= 15 is 0 Å². The van der Waals surface area contributed by atoms with Gasteiger partial charge in [0, 0.05) is 6.04 Å². The summed E-state index contributed by atoms with van der Waals surface area (Å²) in [5, 5.41) is 2.76. The molecule has 1 rings (SSSR count). The summed E-state index contributed by atoms with van der Waals surface area (Å²) < 4.78 is 13.3. The average molecular weight is 187 g/mol. The van der Waals surface area contributed by atoms with Crippen LogP contribution < -0.4 is 5.32 Å². The van der Waals surface area contributed by atoms with Gasteiger partial charge in [-0.1, -0.05) is 12.8 Å². The molecule has 0 aromatic heterocycles. The molecular formula is C10H18FNO. The molecule has 0 bridgehead atoms. The van der Waals surface area contributed by atoms with Crippen molar-refractivity contribution in [2.24, 2.45) is 5.92 Å². The highest BCUT2D eigenvalue weighted by Gasteiger charge is 2.30. The van der Waals surface area contributed by atoms with Crippen molar-refractivity contribution in [1.29, 1.82) is 0 Å². The van der Waals surface area contributed by atoms with Crippen molar-refractivity contribution in [2.45, 2.75) is 51.7 Å². The van der Waals surface area contributed by atoms with E-state index < -0.39 is 12.1 Å². The summed E-state index contributed by atoms with van der Waals surface area (Å²) in [4.78, 5) is 11.5. The third-order valence-electron chi connectivity index (χ3n) is 2.45. The van der Waals surface area contributed by atoms with Crippen LogP contribution in [-0.2, 0) is 4.79 Å². The van der Waals surface area contributed by atoms with Crippen molar-refractivity contribution in [1.82, 2.24) is 5.32 Å². The molecule has 1 aliphatic rings. The highest BCUT2D eigenvalue weighted by molar-refractivity contribution is 5.79. The van der Waals surface area contributed by atoms with Crippen LogP contribution in [0.4, 0.5) is 4.39 Å². The van der Waals surface area contributed by atoms with Gasteiger partial charge in [0.1, 0.15) is 6.17 Å². The Morgan fingerprint density at radius 2 is 2.00 bits per heavy atom. The number of hydrogen-bond acceptors (Lipinski definition) is 1. The average Bonchev–Trinajstić information content (AvgIpc) is 2.03. The molecule has 0 aromatic carbocycles.